The van der Waals surface area contributed by atoms with Crippen molar-refractivity contribution in [3.8, 4) is 0 Å². The monoisotopic (exact) mass is 252 g/mol. The predicted octanol–water partition coefficient (Wildman–Crippen LogP) is 2.02. The largest absolute Gasteiger partial charge is 0.378 e. The quantitative estimate of drug-likeness (QED) is 0.828. The molecule has 3 unspecified atom stereocenters. The van der Waals surface area contributed by atoms with Crippen LogP contribution >= 0.6 is 0 Å². The fourth-order valence-electron chi connectivity index (χ4n) is 3.62. The molecule has 0 aromatic rings. The van der Waals surface area contributed by atoms with Crippen molar-refractivity contribution in [1.82, 2.24) is 10.2 Å². The first-order valence-electron chi connectivity index (χ1n) is 7.78. The number of piperazine rings is 1. The number of nitrogens with one attached hydrogen (secondary N) is 1. The fraction of sp³-hybridized carbons (Fsp3) is 1.00. The second-order valence-corrected chi connectivity index (χ2v) is 6.82. The normalized spacial score (nSPS) is 42.3. The van der Waals surface area contributed by atoms with Gasteiger partial charge in [-0.05, 0) is 51.9 Å². The van der Waals surface area contributed by atoms with Gasteiger partial charge in [-0.1, -0.05) is 0 Å². The van der Waals surface area contributed by atoms with Crippen LogP contribution in [0.3, 0.4) is 0 Å². The van der Waals surface area contributed by atoms with E-state index >= 15 is 0 Å². The minimum Gasteiger partial charge on any atom is -0.378 e. The van der Waals surface area contributed by atoms with Gasteiger partial charge in [-0.2, -0.15) is 0 Å². The third kappa shape index (κ3) is 2.73. The van der Waals surface area contributed by atoms with E-state index in [0.29, 0.717) is 17.7 Å². The maximum atomic E-state index is 5.75. The van der Waals surface area contributed by atoms with Crippen LogP contribution in [-0.4, -0.2) is 48.8 Å². The molecule has 1 saturated carbocycles. The molecule has 1 aliphatic carbocycles. The first-order valence-corrected chi connectivity index (χ1v) is 7.78. The third-order valence-corrected chi connectivity index (χ3v) is 5.20. The highest BCUT2D eigenvalue weighted by Crippen LogP contribution is 2.41. The second kappa shape index (κ2) is 5.10. The van der Waals surface area contributed by atoms with Gasteiger partial charge in [0.1, 0.15) is 0 Å². The number of nitrogens with zero attached hydrogens (tertiary/aromatic N) is 1. The Morgan fingerprint density at radius 1 is 1.33 bits per heavy atom. The SMILES string of the molecule is CC1CNC(C)(C2CC2)CN1CCC1CCCO1. The first kappa shape index (κ1) is 12.9. The summed E-state index contributed by atoms with van der Waals surface area (Å²) in [5.41, 5.74) is 0.378. The van der Waals surface area contributed by atoms with Crippen LogP contribution in [0, 0.1) is 5.92 Å². The Labute approximate surface area is 111 Å². The minimum atomic E-state index is 0.378. The lowest BCUT2D eigenvalue weighted by molar-refractivity contribution is 0.0527. The molecule has 0 spiro atoms. The van der Waals surface area contributed by atoms with Crippen molar-refractivity contribution in [2.45, 2.75) is 63.6 Å². The molecular formula is C15H28N2O. The van der Waals surface area contributed by atoms with Gasteiger partial charge in [0.2, 0.25) is 0 Å². The summed E-state index contributed by atoms with van der Waals surface area (Å²) in [6.45, 7) is 9.37. The summed E-state index contributed by atoms with van der Waals surface area (Å²) in [6.07, 6.45) is 7.17. The van der Waals surface area contributed by atoms with Gasteiger partial charge in [0, 0.05) is 37.8 Å². The summed E-state index contributed by atoms with van der Waals surface area (Å²) < 4.78 is 5.75. The van der Waals surface area contributed by atoms with Crippen LogP contribution in [0.1, 0.15) is 46.0 Å². The highest BCUT2D eigenvalue weighted by atomic mass is 16.5. The molecule has 2 heterocycles. The molecule has 3 fully saturated rings. The van der Waals surface area contributed by atoms with Crippen LogP contribution in [0.15, 0.2) is 0 Å². The number of hydrogen-bond donors (Lipinski definition) is 1. The summed E-state index contributed by atoms with van der Waals surface area (Å²) in [6, 6.07) is 0.679. The predicted molar refractivity (Wildman–Crippen MR) is 73.8 cm³/mol. The lowest BCUT2D eigenvalue weighted by Crippen LogP contribution is -2.63. The van der Waals surface area contributed by atoms with E-state index in [1.54, 1.807) is 0 Å². The zero-order valence-electron chi connectivity index (χ0n) is 12.0. The smallest absolute Gasteiger partial charge is 0.0588 e. The Hall–Kier alpha value is -0.120. The van der Waals surface area contributed by atoms with E-state index in [2.05, 4.69) is 24.1 Å². The van der Waals surface area contributed by atoms with E-state index in [1.807, 2.05) is 0 Å². The highest BCUT2D eigenvalue weighted by Gasteiger charge is 2.45. The molecular weight excluding hydrogens is 224 g/mol. The van der Waals surface area contributed by atoms with Gasteiger partial charge in [-0.15, -0.1) is 0 Å². The van der Waals surface area contributed by atoms with Crippen LogP contribution in [0.25, 0.3) is 0 Å². The zero-order valence-corrected chi connectivity index (χ0v) is 12.0. The van der Waals surface area contributed by atoms with E-state index in [0.717, 1.165) is 19.1 Å². The van der Waals surface area contributed by atoms with E-state index in [-0.39, 0.29) is 0 Å². The lowest BCUT2D eigenvalue weighted by Gasteiger charge is -2.46. The molecule has 0 aromatic heterocycles. The Bertz CT molecular complexity index is 286. The molecule has 3 atom stereocenters. The van der Waals surface area contributed by atoms with Gasteiger partial charge in [0.25, 0.3) is 0 Å². The Kier molecular flexibility index (Phi) is 3.65. The maximum Gasteiger partial charge on any atom is 0.0588 e. The van der Waals surface area contributed by atoms with Crippen molar-refractivity contribution in [2.24, 2.45) is 5.92 Å². The van der Waals surface area contributed by atoms with Gasteiger partial charge in [0.15, 0.2) is 0 Å². The average molecular weight is 252 g/mol. The molecule has 0 radical (unpaired) electrons. The zero-order chi connectivity index (χ0) is 12.6. The molecule has 104 valence electrons. The molecule has 0 amide bonds. The molecule has 3 heteroatoms. The van der Waals surface area contributed by atoms with E-state index in [1.165, 1.54) is 45.2 Å². The van der Waals surface area contributed by atoms with Crippen molar-refractivity contribution in [2.75, 3.05) is 26.2 Å². The Morgan fingerprint density at radius 2 is 2.17 bits per heavy atom. The van der Waals surface area contributed by atoms with Gasteiger partial charge in [-0.25, -0.2) is 0 Å². The van der Waals surface area contributed by atoms with Crippen LogP contribution in [-0.2, 0) is 4.74 Å². The van der Waals surface area contributed by atoms with Crippen LogP contribution < -0.4 is 5.32 Å². The maximum absolute atomic E-state index is 5.75. The van der Waals surface area contributed by atoms with E-state index < -0.39 is 0 Å². The third-order valence-electron chi connectivity index (χ3n) is 5.20. The first-order chi connectivity index (χ1) is 8.67. The van der Waals surface area contributed by atoms with E-state index in [4.69, 9.17) is 4.74 Å². The number of hydrogen-bond acceptors (Lipinski definition) is 3. The number of ether oxygens (including phenoxy) is 1. The van der Waals surface area contributed by atoms with Crippen molar-refractivity contribution >= 4 is 0 Å². The van der Waals surface area contributed by atoms with Crippen molar-refractivity contribution in [3.05, 3.63) is 0 Å². The molecule has 3 aliphatic rings. The molecule has 0 aromatic carbocycles. The highest BCUT2D eigenvalue weighted by molar-refractivity contribution is 5.03. The molecule has 3 rings (SSSR count). The van der Waals surface area contributed by atoms with Gasteiger partial charge < -0.3 is 10.1 Å². The van der Waals surface area contributed by atoms with Gasteiger partial charge >= 0.3 is 0 Å². The molecule has 18 heavy (non-hydrogen) atoms. The molecule has 3 nitrogen and oxygen atoms in total. The van der Waals surface area contributed by atoms with Gasteiger partial charge in [0.05, 0.1) is 6.10 Å². The van der Waals surface area contributed by atoms with Crippen molar-refractivity contribution in [3.63, 3.8) is 0 Å². The van der Waals surface area contributed by atoms with Crippen LogP contribution in [0.4, 0.5) is 0 Å². The lowest BCUT2D eigenvalue weighted by atomic mass is 9.91. The average Bonchev–Trinajstić information content (AvgIpc) is 3.10. The van der Waals surface area contributed by atoms with Crippen molar-refractivity contribution in [1.29, 1.82) is 0 Å². The van der Waals surface area contributed by atoms with Crippen LogP contribution in [0.5, 0.6) is 0 Å². The summed E-state index contributed by atoms with van der Waals surface area (Å²) in [5, 5.41) is 3.79. The van der Waals surface area contributed by atoms with Crippen LogP contribution in [0.2, 0.25) is 0 Å². The summed E-state index contributed by atoms with van der Waals surface area (Å²) in [4.78, 5) is 2.69. The molecule has 2 aliphatic heterocycles. The fourth-order valence-corrected chi connectivity index (χ4v) is 3.62. The minimum absolute atomic E-state index is 0.378. The summed E-state index contributed by atoms with van der Waals surface area (Å²) in [7, 11) is 0. The van der Waals surface area contributed by atoms with Crippen molar-refractivity contribution < 1.29 is 4.74 Å². The number of rotatable bonds is 4. The molecule has 0 bridgehead atoms. The standard InChI is InChI=1S/C15H28N2O/c1-12-10-16-15(2,13-5-6-13)11-17(12)8-7-14-4-3-9-18-14/h12-14,16H,3-11H2,1-2H3. The van der Waals surface area contributed by atoms with Gasteiger partial charge in [-0.3, -0.25) is 4.90 Å². The topological polar surface area (TPSA) is 24.5 Å². The molecule has 2 saturated heterocycles. The second-order valence-electron chi connectivity index (χ2n) is 6.82. The van der Waals surface area contributed by atoms with E-state index in [9.17, 15) is 0 Å². The molecule has 1 N–H and O–H groups in total. The summed E-state index contributed by atoms with van der Waals surface area (Å²) >= 11 is 0. The summed E-state index contributed by atoms with van der Waals surface area (Å²) in [5.74, 6) is 0.926. The Morgan fingerprint density at radius 3 is 2.83 bits per heavy atom. The Balaban J connectivity index is 1.52.